The molecule has 1 aromatic carbocycles. The number of carbonyl (C=O) groups excluding carboxylic acids is 2. The fraction of sp³-hybridized carbons (Fsp3) is 0.333. The number of benzene rings is 1. The largest absolute Gasteiger partial charge is 0.482 e. The van der Waals surface area contributed by atoms with Crippen LogP contribution in [0.3, 0.4) is 0 Å². The highest BCUT2D eigenvalue weighted by atomic mass is 16.5. The first-order valence-corrected chi connectivity index (χ1v) is 5.76. The Kier molecular flexibility index (Phi) is 2.45. The fourth-order valence-corrected chi connectivity index (χ4v) is 2.06. The molecule has 1 fully saturated rings. The van der Waals surface area contributed by atoms with Crippen molar-refractivity contribution < 1.29 is 14.3 Å². The molecule has 0 aliphatic carbocycles. The number of ether oxygens (including phenoxy) is 1. The number of nitrogens with one attached hydrogen (secondary N) is 1. The lowest BCUT2D eigenvalue weighted by molar-refractivity contribution is -0.131. The molecule has 2 heterocycles. The van der Waals surface area contributed by atoms with Crippen LogP contribution >= 0.6 is 0 Å². The van der Waals surface area contributed by atoms with Crippen molar-refractivity contribution in [3.05, 3.63) is 18.2 Å². The molecule has 6 nitrogen and oxygen atoms in total. The van der Waals surface area contributed by atoms with Gasteiger partial charge in [0.25, 0.3) is 5.91 Å². The number of nitrogens with two attached hydrogens (primary N) is 1. The number of anilines is 2. The van der Waals surface area contributed by atoms with Gasteiger partial charge in [-0.15, -0.1) is 0 Å². The first-order valence-electron chi connectivity index (χ1n) is 5.76. The van der Waals surface area contributed by atoms with Crippen LogP contribution < -0.4 is 20.7 Å². The zero-order valence-electron chi connectivity index (χ0n) is 9.68. The van der Waals surface area contributed by atoms with E-state index in [9.17, 15) is 9.59 Å². The number of fused-ring (bicyclic) bond motifs is 1. The van der Waals surface area contributed by atoms with Crippen LogP contribution in [0.4, 0.5) is 11.4 Å². The van der Waals surface area contributed by atoms with Crippen molar-refractivity contribution >= 4 is 23.2 Å². The van der Waals surface area contributed by atoms with E-state index >= 15 is 0 Å². The zero-order valence-corrected chi connectivity index (χ0v) is 9.68. The molecular formula is C12H13N3O3. The van der Waals surface area contributed by atoms with Crippen molar-refractivity contribution in [3.8, 4) is 5.75 Å². The van der Waals surface area contributed by atoms with Gasteiger partial charge >= 0.3 is 0 Å². The molecule has 0 bridgehead atoms. The number of nitrogen functional groups attached to an aromatic ring is 1. The lowest BCUT2D eigenvalue weighted by atomic mass is 10.0. The minimum atomic E-state index is -0.343. The van der Waals surface area contributed by atoms with Gasteiger partial charge in [0, 0.05) is 18.8 Å². The van der Waals surface area contributed by atoms with E-state index in [1.54, 1.807) is 18.2 Å². The number of imide groups is 1. The van der Waals surface area contributed by atoms with E-state index in [1.165, 1.54) is 4.90 Å². The van der Waals surface area contributed by atoms with Crippen molar-refractivity contribution in [2.75, 3.05) is 30.3 Å². The number of carbonyl (C=O) groups is 2. The lowest BCUT2D eigenvalue weighted by Gasteiger charge is -2.34. The number of hydrogen-bond donors (Lipinski definition) is 2. The van der Waals surface area contributed by atoms with Gasteiger partial charge in [0.2, 0.25) is 5.91 Å². The maximum atomic E-state index is 12.2. The highest BCUT2D eigenvalue weighted by Crippen LogP contribution is 2.34. The molecule has 2 aliphatic rings. The van der Waals surface area contributed by atoms with E-state index in [1.807, 2.05) is 0 Å². The summed E-state index contributed by atoms with van der Waals surface area (Å²) in [5, 5.41) is 3.02. The summed E-state index contributed by atoms with van der Waals surface area (Å²) in [6, 6.07) is 4.95. The second-order valence-electron chi connectivity index (χ2n) is 4.44. The molecule has 2 amide bonds. The Morgan fingerprint density at radius 1 is 1.44 bits per heavy atom. The quantitative estimate of drug-likeness (QED) is 0.527. The minimum Gasteiger partial charge on any atom is -0.482 e. The second kappa shape index (κ2) is 3.99. The van der Waals surface area contributed by atoms with Crippen LogP contribution in [0, 0.1) is 5.92 Å². The lowest BCUT2D eigenvalue weighted by Crippen LogP contribution is -2.55. The van der Waals surface area contributed by atoms with Crippen LogP contribution in [0.15, 0.2) is 18.2 Å². The third kappa shape index (κ3) is 1.62. The third-order valence-electron chi connectivity index (χ3n) is 3.18. The molecule has 0 radical (unpaired) electrons. The van der Waals surface area contributed by atoms with E-state index in [-0.39, 0.29) is 24.3 Å². The summed E-state index contributed by atoms with van der Waals surface area (Å²) in [5.74, 6) is -0.148. The molecule has 94 valence electrons. The predicted molar refractivity (Wildman–Crippen MR) is 65.2 cm³/mol. The van der Waals surface area contributed by atoms with E-state index in [0.717, 1.165) is 0 Å². The summed E-state index contributed by atoms with van der Waals surface area (Å²) in [6.45, 7) is 1.12. The Morgan fingerprint density at radius 3 is 2.89 bits per heavy atom. The van der Waals surface area contributed by atoms with E-state index in [0.29, 0.717) is 30.2 Å². The van der Waals surface area contributed by atoms with Gasteiger partial charge in [-0.05, 0) is 18.2 Å². The highest BCUT2D eigenvalue weighted by Gasteiger charge is 2.37. The first-order chi connectivity index (χ1) is 8.66. The summed E-state index contributed by atoms with van der Waals surface area (Å²) in [7, 11) is 0. The van der Waals surface area contributed by atoms with Crippen molar-refractivity contribution in [1.29, 1.82) is 0 Å². The third-order valence-corrected chi connectivity index (χ3v) is 3.18. The van der Waals surface area contributed by atoms with Crippen molar-refractivity contribution in [3.63, 3.8) is 0 Å². The molecule has 0 unspecified atom stereocenters. The molecule has 0 saturated carbocycles. The smallest absolute Gasteiger partial charge is 0.271 e. The van der Waals surface area contributed by atoms with E-state index in [4.69, 9.17) is 10.5 Å². The van der Waals surface area contributed by atoms with Crippen molar-refractivity contribution in [2.24, 2.45) is 5.92 Å². The minimum absolute atomic E-state index is 0.108. The Bertz CT molecular complexity index is 525. The summed E-state index contributed by atoms with van der Waals surface area (Å²) in [4.78, 5) is 25.3. The molecule has 3 rings (SSSR count). The number of nitrogens with zero attached hydrogens (tertiary/aromatic N) is 1. The molecule has 0 spiro atoms. The maximum absolute atomic E-state index is 12.2. The van der Waals surface area contributed by atoms with Gasteiger partial charge in [-0.1, -0.05) is 0 Å². The molecule has 18 heavy (non-hydrogen) atoms. The van der Waals surface area contributed by atoms with Gasteiger partial charge < -0.3 is 15.8 Å². The summed E-state index contributed by atoms with van der Waals surface area (Å²) in [5.41, 5.74) is 6.64. The van der Waals surface area contributed by atoms with Gasteiger partial charge in [0.05, 0.1) is 11.6 Å². The first kappa shape index (κ1) is 11.0. The summed E-state index contributed by atoms with van der Waals surface area (Å²) >= 11 is 0. The normalized spacial score (nSPS) is 18.9. The SMILES string of the molecule is Nc1ccc2c(c1)N(C(=O)C1CNC1)C(=O)CO2. The van der Waals surface area contributed by atoms with Crippen molar-refractivity contribution in [1.82, 2.24) is 5.32 Å². The maximum Gasteiger partial charge on any atom is 0.271 e. The number of hydrogen-bond acceptors (Lipinski definition) is 5. The van der Waals surface area contributed by atoms with Gasteiger partial charge in [-0.3, -0.25) is 9.59 Å². The standard InChI is InChI=1S/C12H13N3O3/c13-8-1-2-10-9(3-8)15(11(16)6-18-10)12(17)7-4-14-5-7/h1-3,7,14H,4-6,13H2. The molecule has 3 N–H and O–H groups in total. The number of rotatable bonds is 1. The second-order valence-corrected chi connectivity index (χ2v) is 4.44. The van der Waals surface area contributed by atoms with Crippen LogP contribution in [-0.2, 0) is 9.59 Å². The van der Waals surface area contributed by atoms with Crippen LogP contribution in [0.25, 0.3) is 0 Å². The Balaban J connectivity index is 2.00. The summed E-state index contributed by atoms with van der Waals surface area (Å²) in [6.07, 6.45) is 0. The molecule has 0 aromatic heterocycles. The molecule has 6 heteroatoms. The molecular weight excluding hydrogens is 234 g/mol. The summed E-state index contributed by atoms with van der Waals surface area (Å²) < 4.78 is 5.29. The van der Waals surface area contributed by atoms with Gasteiger partial charge in [0.15, 0.2) is 6.61 Å². The van der Waals surface area contributed by atoms with Crippen LogP contribution in [-0.4, -0.2) is 31.5 Å². The molecule has 2 aliphatic heterocycles. The number of amides is 2. The van der Waals surface area contributed by atoms with Gasteiger partial charge in [-0.2, -0.15) is 0 Å². The highest BCUT2D eigenvalue weighted by molar-refractivity contribution is 6.18. The van der Waals surface area contributed by atoms with Crippen LogP contribution in [0.5, 0.6) is 5.75 Å². The Morgan fingerprint density at radius 2 is 2.22 bits per heavy atom. The van der Waals surface area contributed by atoms with Gasteiger partial charge in [0.1, 0.15) is 5.75 Å². The van der Waals surface area contributed by atoms with E-state index < -0.39 is 0 Å². The zero-order chi connectivity index (χ0) is 12.7. The molecule has 0 atom stereocenters. The van der Waals surface area contributed by atoms with Gasteiger partial charge in [-0.25, -0.2) is 4.90 Å². The topological polar surface area (TPSA) is 84.7 Å². The average molecular weight is 247 g/mol. The average Bonchev–Trinajstić information content (AvgIpc) is 2.25. The van der Waals surface area contributed by atoms with Crippen molar-refractivity contribution in [2.45, 2.75) is 0 Å². The predicted octanol–water partition coefficient (Wildman–Crippen LogP) is -0.260. The van der Waals surface area contributed by atoms with Crippen LogP contribution in [0.1, 0.15) is 0 Å². The fourth-order valence-electron chi connectivity index (χ4n) is 2.06. The Hall–Kier alpha value is -2.08. The monoisotopic (exact) mass is 247 g/mol. The molecule has 1 aromatic rings. The van der Waals surface area contributed by atoms with Crippen LogP contribution in [0.2, 0.25) is 0 Å². The Labute approximate surface area is 104 Å². The molecule has 1 saturated heterocycles. The van der Waals surface area contributed by atoms with E-state index in [2.05, 4.69) is 5.32 Å².